The number of ether oxygens (including phenoxy) is 1. The van der Waals surface area contributed by atoms with E-state index in [2.05, 4.69) is 40.0 Å². The van der Waals surface area contributed by atoms with Gasteiger partial charge in [-0.05, 0) is 79.0 Å². The third-order valence-electron chi connectivity index (χ3n) is 8.42. The van der Waals surface area contributed by atoms with Crippen LogP contribution in [0.5, 0.6) is 5.75 Å². The van der Waals surface area contributed by atoms with Crippen LogP contribution in [0, 0.1) is 0 Å². The van der Waals surface area contributed by atoms with E-state index in [-0.39, 0.29) is 24.1 Å². The SMILES string of the molecule is CN1CC[C@]23c4c5cccc4O[C@H]2[C@@H](N(C)C(=O)/C=C/c2cc(Br)cs2)CC[C@@]3(O)[C@H]1C5. The monoisotopic (exact) mass is 514 g/mol. The van der Waals surface area contributed by atoms with Crippen LogP contribution in [0.1, 0.15) is 35.3 Å². The minimum atomic E-state index is -0.830. The molecule has 2 fully saturated rings. The molecule has 1 aromatic carbocycles. The molecule has 7 heteroatoms. The lowest BCUT2D eigenvalue weighted by Crippen LogP contribution is -2.77. The normalized spacial score (nSPS) is 34.9. The zero-order chi connectivity index (χ0) is 22.3. The first kappa shape index (κ1) is 20.9. The summed E-state index contributed by atoms with van der Waals surface area (Å²) in [4.78, 5) is 18.4. The molecule has 2 aliphatic carbocycles. The maximum Gasteiger partial charge on any atom is 0.246 e. The summed E-state index contributed by atoms with van der Waals surface area (Å²) in [5.41, 5.74) is 1.23. The van der Waals surface area contributed by atoms with Crippen LogP contribution in [-0.2, 0) is 16.6 Å². The second-order valence-corrected chi connectivity index (χ2v) is 11.6. The van der Waals surface area contributed by atoms with E-state index in [1.807, 2.05) is 35.5 Å². The van der Waals surface area contributed by atoms with Crippen molar-refractivity contribution < 1.29 is 14.6 Å². The highest BCUT2D eigenvalue weighted by Crippen LogP contribution is 2.64. The van der Waals surface area contributed by atoms with Gasteiger partial charge >= 0.3 is 0 Å². The highest BCUT2D eigenvalue weighted by molar-refractivity contribution is 9.10. The Hall–Kier alpha value is -1.67. The number of likely N-dealkylation sites (tertiary alicyclic amines) is 1. The van der Waals surface area contributed by atoms with Crippen LogP contribution in [0.2, 0.25) is 0 Å². The minimum Gasteiger partial charge on any atom is -0.487 e. The molecule has 1 spiro atoms. The molecule has 0 unspecified atom stereocenters. The molecule has 1 saturated heterocycles. The largest absolute Gasteiger partial charge is 0.487 e. The fourth-order valence-corrected chi connectivity index (χ4v) is 8.28. The molecule has 6 rings (SSSR count). The van der Waals surface area contributed by atoms with Crippen LogP contribution < -0.4 is 4.74 Å². The Morgan fingerprint density at radius 2 is 2.25 bits per heavy atom. The summed E-state index contributed by atoms with van der Waals surface area (Å²) in [6.45, 7) is 0.929. The Bertz CT molecular complexity index is 1130. The number of thiophene rings is 1. The highest BCUT2D eigenvalue weighted by atomic mass is 79.9. The van der Waals surface area contributed by atoms with Crippen LogP contribution in [0.3, 0.4) is 0 Å². The van der Waals surface area contributed by atoms with Gasteiger partial charge in [0.2, 0.25) is 5.91 Å². The van der Waals surface area contributed by atoms with Crippen LogP contribution in [0.4, 0.5) is 0 Å². The number of amides is 1. The summed E-state index contributed by atoms with van der Waals surface area (Å²) in [6, 6.07) is 8.31. The lowest BCUT2D eigenvalue weighted by molar-refractivity contribution is -0.195. The topological polar surface area (TPSA) is 53.0 Å². The first-order valence-corrected chi connectivity index (χ1v) is 12.9. The lowest BCUT2D eigenvalue weighted by Gasteiger charge is -2.64. The Morgan fingerprint density at radius 1 is 1.41 bits per heavy atom. The number of nitrogens with zero attached hydrogens (tertiary/aromatic N) is 2. The molecule has 1 N–H and O–H groups in total. The van der Waals surface area contributed by atoms with Gasteiger partial charge in [-0.3, -0.25) is 4.79 Å². The van der Waals surface area contributed by atoms with Gasteiger partial charge in [0.15, 0.2) is 0 Å². The molecule has 168 valence electrons. The number of aliphatic hydroxyl groups is 1. The second kappa shape index (κ2) is 7.16. The van der Waals surface area contributed by atoms with E-state index in [1.54, 1.807) is 17.4 Å². The molecular weight excluding hydrogens is 488 g/mol. The number of piperidine rings is 1. The molecule has 1 amide bonds. The van der Waals surface area contributed by atoms with Crippen molar-refractivity contribution in [2.24, 2.45) is 0 Å². The van der Waals surface area contributed by atoms with E-state index >= 15 is 0 Å². The van der Waals surface area contributed by atoms with E-state index in [0.717, 1.165) is 40.9 Å². The summed E-state index contributed by atoms with van der Waals surface area (Å²) >= 11 is 5.06. The minimum absolute atomic E-state index is 0.0265. The number of benzene rings is 1. The summed E-state index contributed by atoms with van der Waals surface area (Å²) < 4.78 is 7.65. The second-order valence-electron chi connectivity index (χ2n) is 9.73. The fraction of sp³-hybridized carbons (Fsp3) is 0.480. The van der Waals surface area contributed by atoms with Crippen LogP contribution >= 0.6 is 27.3 Å². The molecule has 5 nitrogen and oxygen atoms in total. The van der Waals surface area contributed by atoms with E-state index in [9.17, 15) is 9.90 Å². The van der Waals surface area contributed by atoms with Gasteiger partial charge in [-0.25, -0.2) is 0 Å². The standard InChI is InChI=1S/C25H27BrN2O3S/c1-27-11-10-24-22-15-4-3-5-19(22)31-23(24)18(8-9-25(24,30)20(27)12-15)28(2)21(29)7-6-17-13-16(26)14-32-17/h3-7,13-14,18,20,23,30H,8-12H2,1-2H3/b7-6+/t18-,20+,23-,24-,25+/m0/s1. The molecule has 5 atom stereocenters. The summed E-state index contributed by atoms with van der Waals surface area (Å²) in [5.74, 6) is 0.877. The van der Waals surface area contributed by atoms with Gasteiger partial charge in [-0.15, -0.1) is 11.3 Å². The van der Waals surface area contributed by atoms with Crippen molar-refractivity contribution in [3.63, 3.8) is 0 Å². The number of halogens is 1. The van der Waals surface area contributed by atoms with Crippen LogP contribution in [0.15, 0.2) is 40.2 Å². The summed E-state index contributed by atoms with van der Waals surface area (Å²) in [5, 5.41) is 14.2. The summed E-state index contributed by atoms with van der Waals surface area (Å²) in [6.07, 6.45) is 6.42. The van der Waals surface area contributed by atoms with Gasteiger partial charge in [0.1, 0.15) is 11.9 Å². The summed E-state index contributed by atoms with van der Waals surface area (Å²) in [7, 11) is 4.01. The van der Waals surface area contributed by atoms with Crippen molar-refractivity contribution in [1.29, 1.82) is 0 Å². The molecular formula is C25H27BrN2O3S. The van der Waals surface area contributed by atoms with Gasteiger partial charge in [-0.2, -0.15) is 0 Å². The molecule has 2 aliphatic heterocycles. The number of rotatable bonds is 3. The highest BCUT2D eigenvalue weighted by Gasteiger charge is 2.72. The lowest BCUT2D eigenvalue weighted by atomic mass is 9.48. The van der Waals surface area contributed by atoms with Crippen molar-refractivity contribution in [2.45, 2.75) is 54.9 Å². The number of hydrogen-bond acceptors (Lipinski definition) is 5. The Balaban J connectivity index is 1.37. The van der Waals surface area contributed by atoms with Gasteiger partial charge in [0, 0.05) is 39.5 Å². The average molecular weight is 515 g/mol. The molecule has 2 aromatic rings. The van der Waals surface area contributed by atoms with Crippen molar-refractivity contribution in [3.05, 3.63) is 56.2 Å². The third kappa shape index (κ3) is 2.65. The van der Waals surface area contributed by atoms with Crippen molar-refractivity contribution in [3.8, 4) is 5.75 Å². The molecule has 1 saturated carbocycles. The van der Waals surface area contributed by atoms with Crippen LogP contribution in [0.25, 0.3) is 6.08 Å². The predicted molar refractivity (Wildman–Crippen MR) is 129 cm³/mol. The van der Waals surface area contributed by atoms with E-state index in [0.29, 0.717) is 6.42 Å². The molecule has 0 radical (unpaired) electrons. The number of carbonyl (C=O) groups is 1. The molecule has 4 aliphatic rings. The first-order chi connectivity index (χ1) is 15.3. The van der Waals surface area contributed by atoms with Crippen molar-refractivity contribution >= 4 is 39.2 Å². The first-order valence-electron chi connectivity index (χ1n) is 11.3. The quantitative estimate of drug-likeness (QED) is 0.632. The van der Waals surface area contributed by atoms with E-state index in [1.165, 1.54) is 11.1 Å². The fourth-order valence-electron chi connectivity index (χ4n) is 6.94. The average Bonchev–Trinajstić information content (AvgIpc) is 3.34. The molecule has 1 aromatic heterocycles. The van der Waals surface area contributed by atoms with Gasteiger partial charge in [0.05, 0.1) is 17.1 Å². The Labute approximate surface area is 200 Å². The van der Waals surface area contributed by atoms with Crippen molar-refractivity contribution in [2.75, 3.05) is 20.6 Å². The van der Waals surface area contributed by atoms with Gasteiger partial charge in [0.25, 0.3) is 0 Å². The van der Waals surface area contributed by atoms with Crippen LogP contribution in [-0.4, -0.2) is 65.2 Å². The maximum absolute atomic E-state index is 13.2. The smallest absolute Gasteiger partial charge is 0.246 e. The number of carbonyl (C=O) groups excluding carboxylic acids is 1. The maximum atomic E-state index is 13.2. The molecule has 3 heterocycles. The van der Waals surface area contributed by atoms with Gasteiger partial charge in [-0.1, -0.05) is 12.1 Å². The van der Waals surface area contributed by atoms with E-state index in [4.69, 9.17) is 4.74 Å². The number of likely N-dealkylation sites (N-methyl/N-ethyl adjacent to an activating group) is 2. The number of hydrogen-bond donors (Lipinski definition) is 1. The zero-order valence-electron chi connectivity index (χ0n) is 18.3. The predicted octanol–water partition coefficient (Wildman–Crippen LogP) is 3.83. The Kier molecular flexibility index (Phi) is 4.68. The van der Waals surface area contributed by atoms with E-state index < -0.39 is 11.0 Å². The Morgan fingerprint density at radius 3 is 3.03 bits per heavy atom. The zero-order valence-corrected chi connectivity index (χ0v) is 20.7. The molecule has 2 bridgehead atoms. The van der Waals surface area contributed by atoms with Gasteiger partial charge < -0.3 is 19.6 Å². The third-order valence-corrected chi connectivity index (χ3v) is 10.1. The van der Waals surface area contributed by atoms with Crippen molar-refractivity contribution in [1.82, 2.24) is 9.80 Å². The molecule has 32 heavy (non-hydrogen) atoms.